The molecule has 4 atom stereocenters. The summed E-state index contributed by atoms with van der Waals surface area (Å²) in [6.45, 7) is 0.977. The molecule has 0 spiro atoms. The van der Waals surface area contributed by atoms with Crippen LogP contribution in [0.25, 0.3) is 0 Å². The lowest BCUT2D eigenvalue weighted by atomic mass is 9.84. The lowest BCUT2D eigenvalue weighted by molar-refractivity contribution is 0.00808. The summed E-state index contributed by atoms with van der Waals surface area (Å²) in [6, 6.07) is 6.10. The van der Waals surface area contributed by atoms with Crippen molar-refractivity contribution in [3.63, 3.8) is 0 Å². The minimum Gasteiger partial charge on any atom is -0.493 e. The van der Waals surface area contributed by atoms with Crippen LogP contribution in [0.3, 0.4) is 0 Å². The van der Waals surface area contributed by atoms with Gasteiger partial charge in [-0.05, 0) is 50.2 Å². The van der Waals surface area contributed by atoms with Gasteiger partial charge in [0.05, 0.1) is 54.7 Å². The fourth-order valence-corrected chi connectivity index (χ4v) is 9.93. The number of esters is 2. The summed E-state index contributed by atoms with van der Waals surface area (Å²) in [4.78, 5) is 31.5. The van der Waals surface area contributed by atoms with Crippen molar-refractivity contribution in [2.45, 2.75) is 37.1 Å². The van der Waals surface area contributed by atoms with Gasteiger partial charge in [-0.3, -0.25) is 9.80 Å². The van der Waals surface area contributed by atoms with Crippen molar-refractivity contribution < 1.29 is 66.4 Å². The number of carbonyl (C=O) groups excluding carboxylic acids is 2. The Bertz CT molecular complexity index is 2420. The fraction of sp³-hybridized carbons (Fsp3) is 0.409. The van der Waals surface area contributed by atoms with Crippen molar-refractivity contribution in [1.29, 1.82) is 0 Å². The molecule has 62 heavy (non-hydrogen) atoms. The zero-order chi connectivity index (χ0) is 43.1. The molecule has 6 aliphatic heterocycles. The van der Waals surface area contributed by atoms with E-state index in [0.717, 1.165) is 22.3 Å². The first-order valence-electron chi connectivity index (χ1n) is 20.0. The highest BCUT2D eigenvalue weighted by Crippen LogP contribution is 2.62. The molecule has 324 valence electrons. The quantitative estimate of drug-likeness (QED) is 0.125. The average Bonchev–Trinajstić information content (AvgIpc) is 4.10. The van der Waals surface area contributed by atoms with Gasteiger partial charge in [-0.25, -0.2) is 9.59 Å². The normalized spacial score (nSPS) is 21.8. The molecule has 0 saturated heterocycles. The highest BCUT2D eigenvalue weighted by atomic mass is 16.7. The molecule has 0 aromatic heterocycles. The molecule has 4 aromatic rings. The van der Waals surface area contributed by atoms with Gasteiger partial charge in [0.2, 0.25) is 25.1 Å². The van der Waals surface area contributed by atoms with Crippen LogP contribution in [0, 0.1) is 0 Å². The van der Waals surface area contributed by atoms with Crippen LogP contribution < -0.4 is 47.4 Å². The third kappa shape index (κ3) is 5.54. The van der Waals surface area contributed by atoms with E-state index in [0.29, 0.717) is 117 Å². The summed E-state index contributed by atoms with van der Waals surface area (Å²) in [7, 11) is 13.1. The first-order chi connectivity index (χ1) is 30.2. The minimum atomic E-state index is -0.757. The predicted molar refractivity (Wildman–Crippen MR) is 216 cm³/mol. The van der Waals surface area contributed by atoms with E-state index in [2.05, 4.69) is 9.80 Å². The number of azo groups is 1. The predicted octanol–water partition coefficient (Wildman–Crippen LogP) is 6.49. The van der Waals surface area contributed by atoms with Gasteiger partial charge in [0.25, 0.3) is 0 Å². The maximum absolute atomic E-state index is 13.6. The molecule has 0 radical (unpaired) electrons. The zero-order valence-corrected chi connectivity index (χ0v) is 35.4. The van der Waals surface area contributed by atoms with Gasteiger partial charge in [0, 0.05) is 35.3 Å². The second-order valence-electron chi connectivity index (χ2n) is 15.4. The van der Waals surface area contributed by atoms with Crippen molar-refractivity contribution >= 4 is 23.3 Å². The van der Waals surface area contributed by atoms with Gasteiger partial charge in [-0.1, -0.05) is 12.1 Å². The van der Waals surface area contributed by atoms with Gasteiger partial charge in [-0.2, -0.15) is 0 Å². The number of ether oxygens (including phenoxy) is 12. The highest BCUT2D eigenvalue weighted by Gasteiger charge is 2.49. The first kappa shape index (κ1) is 39.5. The lowest BCUT2D eigenvalue weighted by Gasteiger charge is -2.39. The Hall–Kier alpha value is -6.66. The molecule has 10 rings (SSSR count). The Balaban J connectivity index is 1.13. The lowest BCUT2D eigenvalue weighted by Crippen LogP contribution is -2.36. The molecule has 0 aliphatic carbocycles. The number of cyclic esters (lactones) is 2. The van der Waals surface area contributed by atoms with E-state index in [1.54, 1.807) is 26.4 Å². The SMILES string of the molecule is COc1ccc2c(c1OC)C(=O)OC2C1c2c(c(N=Nc3c4c(c(OC)c5c3OCO5)C(C3OC(=O)c5c3ccc(OC)c5OC)N(C)CC4)c3c(c2OC)OCO3)CCN1C. The van der Waals surface area contributed by atoms with Crippen molar-refractivity contribution in [3.8, 4) is 57.5 Å². The molecule has 18 nitrogen and oxygen atoms in total. The fourth-order valence-electron chi connectivity index (χ4n) is 9.93. The molecule has 0 saturated carbocycles. The Morgan fingerprint density at radius 1 is 0.532 bits per heavy atom. The number of likely N-dealkylation sites (N-methyl/N-ethyl adjacent to an activating group) is 2. The molecule has 6 heterocycles. The largest absolute Gasteiger partial charge is 0.493 e. The van der Waals surface area contributed by atoms with Crippen molar-refractivity contribution in [2.24, 2.45) is 10.2 Å². The Labute approximate surface area is 356 Å². The molecule has 0 bridgehead atoms. The van der Waals surface area contributed by atoms with Gasteiger partial charge in [0.1, 0.15) is 34.7 Å². The third-order valence-electron chi connectivity index (χ3n) is 12.6. The second-order valence-corrected chi connectivity index (χ2v) is 15.4. The van der Waals surface area contributed by atoms with Crippen LogP contribution in [-0.4, -0.2) is 105 Å². The molecule has 18 heteroatoms. The van der Waals surface area contributed by atoms with E-state index >= 15 is 0 Å². The number of benzene rings is 4. The number of carbonyl (C=O) groups is 2. The maximum atomic E-state index is 13.6. The third-order valence-corrected chi connectivity index (χ3v) is 12.6. The van der Waals surface area contributed by atoms with Gasteiger partial charge >= 0.3 is 11.9 Å². The number of fused-ring (bicyclic) bond motifs is 6. The van der Waals surface area contributed by atoms with Gasteiger partial charge in [-0.15, -0.1) is 10.2 Å². The molecule has 0 N–H and O–H groups in total. The summed E-state index contributed by atoms with van der Waals surface area (Å²) < 4.78 is 71.4. The minimum absolute atomic E-state index is 0.0770. The van der Waals surface area contributed by atoms with E-state index in [-0.39, 0.29) is 13.6 Å². The summed E-state index contributed by atoms with van der Waals surface area (Å²) >= 11 is 0. The van der Waals surface area contributed by atoms with Crippen LogP contribution in [0.2, 0.25) is 0 Å². The number of hydrogen-bond acceptors (Lipinski definition) is 18. The Kier molecular flexibility index (Phi) is 9.58. The van der Waals surface area contributed by atoms with Gasteiger partial charge < -0.3 is 56.8 Å². The van der Waals surface area contributed by atoms with Crippen molar-refractivity contribution in [2.75, 3.05) is 83.4 Å². The second kappa shape index (κ2) is 15.1. The maximum Gasteiger partial charge on any atom is 0.343 e. The van der Waals surface area contributed by atoms with E-state index in [4.69, 9.17) is 67.1 Å². The molecule has 4 aromatic carbocycles. The number of nitrogens with zero attached hydrogens (tertiary/aromatic N) is 4. The van der Waals surface area contributed by atoms with Crippen LogP contribution in [0.15, 0.2) is 34.5 Å². The summed E-state index contributed by atoms with van der Waals surface area (Å²) in [5.41, 5.74) is 5.78. The molecular formula is C44H44N4O14. The van der Waals surface area contributed by atoms with E-state index in [1.807, 2.05) is 26.2 Å². The average molecular weight is 853 g/mol. The standard InChI is InChI=1S/C44H44N4O14/c1-47-15-13-19-25(31(47)33-21-9-11-23(51-3)35(53-5)27(21)43(49)61-33)37(55-7)41-39(57-17-59-41)29(19)45-46-30-20-14-16-48(2)32(26(20)38(56-8)42-40(30)58-18-60-42)34-22-10-12-24(52-4)36(54-6)28(22)44(50)62-34/h9-12,31-34H,13-18H2,1-8H3. The number of methoxy groups -OCH3 is 6. The molecule has 0 amide bonds. The van der Waals surface area contributed by atoms with Crippen molar-refractivity contribution in [3.05, 3.63) is 68.8 Å². The molecule has 6 aliphatic rings. The molecule has 0 fully saturated rings. The van der Waals surface area contributed by atoms with E-state index < -0.39 is 36.2 Å². The van der Waals surface area contributed by atoms with Crippen LogP contribution in [0.4, 0.5) is 11.4 Å². The monoisotopic (exact) mass is 852 g/mol. The van der Waals surface area contributed by atoms with Crippen molar-refractivity contribution in [1.82, 2.24) is 9.80 Å². The number of rotatable bonds is 10. The summed E-state index contributed by atoms with van der Waals surface area (Å²) in [5.74, 6) is 2.72. The number of hydrogen-bond donors (Lipinski definition) is 0. The highest BCUT2D eigenvalue weighted by molar-refractivity contribution is 5.99. The van der Waals surface area contributed by atoms with Crippen LogP contribution in [0.5, 0.6) is 57.5 Å². The Morgan fingerprint density at radius 3 is 1.29 bits per heavy atom. The van der Waals surface area contributed by atoms with Crippen LogP contribution in [-0.2, 0) is 22.3 Å². The van der Waals surface area contributed by atoms with Crippen LogP contribution >= 0.6 is 0 Å². The smallest absolute Gasteiger partial charge is 0.343 e. The first-order valence-corrected chi connectivity index (χ1v) is 20.0. The topological polar surface area (TPSA) is 176 Å². The molecular weight excluding hydrogens is 808 g/mol. The van der Waals surface area contributed by atoms with Crippen LogP contribution in [0.1, 0.15) is 78.4 Å². The molecule has 4 unspecified atom stereocenters. The zero-order valence-electron chi connectivity index (χ0n) is 35.4. The van der Waals surface area contributed by atoms with E-state index in [1.165, 1.54) is 28.4 Å². The summed E-state index contributed by atoms with van der Waals surface area (Å²) in [5, 5.41) is 10.0. The van der Waals surface area contributed by atoms with E-state index in [9.17, 15) is 9.59 Å². The van der Waals surface area contributed by atoms with Gasteiger partial charge in [0.15, 0.2) is 46.0 Å². The Morgan fingerprint density at radius 2 is 0.919 bits per heavy atom. The summed E-state index contributed by atoms with van der Waals surface area (Å²) in [6.07, 6.45) is -0.468.